The zero-order valence-electron chi connectivity index (χ0n) is 20.0. The molecule has 0 aliphatic heterocycles. The van der Waals surface area contributed by atoms with Gasteiger partial charge in [0.1, 0.15) is 5.92 Å². The molecular formula is C29H31ClN2O3. The molecule has 35 heavy (non-hydrogen) atoms. The van der Waals surface area contributed by atoms with Crippen LogP contribution in [0.2, 0.25) is 5.02 Å². The number of carbonyl (C=O) groups is 1. The van der Waals surface area contributed by atoms with Crippen LogP contribution in [0.1, 0.15) is 41.3 Å². The highest BCUT2D eigenvalue weighted by atomic mass is 35.5. The van der Waals surface area contributed by atoms with Crippen LogP contribution in [0.25, 0.3) is 10.9 Å². The maximum absolute atomic E-state index is 12.6. The van der Waals surface area contributed by atoms with Gasteiger partial charge in [0.2, 0.25) is 0 Å². The number of methoxy groups -OCH3 is 1. The highest BCUT2D eigenvalue weighted by Gasteiger charge is 2.24. The second kappa shape index (κ2) is 11.5. The highest BCUT2D eigenvalue weighted by molar-refractivity contribution is 6.30. The lowest BCUT2D eigenvalue weighted by molar-refractivity contribution is -0.142. The standard InChI is InChI=1S/C29H31ClN2O3/c1-19(31-18-28(33)22-9-6-10-24(30)16-22)13-21-11-12-26-23(14-21)17-27(32-26)25(29(34)35-2)15-20-7-4-3-5-8-20/h3-12,14,16-17,19,25,28,31-33H,13,15,18H2,1-2H3. The Hall–Kier alpha value is -3.12. The number of nitrogens with one attached hydrogen (secondary N) is 2. The van der Waals surface area contributed by atoms with Crippen molar-refractivity contribution in [2.45, 2.75) is 37.8 Å². The van der Waals surface area contributed by atoms with E-state index in [0.29, 0.717) is 18.0 Å². The molecule has 0 spiro atoms. The summed E-state index contributed by atoms with van der Waals surface area (Å²) in [6.07, 6.45) is 0.762. The number of hydrogen-bond donors (Lipinski definition) is 3. The number of rotatable bonds is 10. The monoisotopic (exact) mass is 490 g/mol. The van der Waals surface area contributed by atoms with Crippen LogP contribution in [0, 0.1) is 0 Å². The van der Waals surface area contributed by atoms with Crippen molar-refractivity contribution >= 4 is 28.5 Å². The van der Waals surface area contributed by atoms with Gasteiger partial charge in [0.05, 0.1) is 13.2 Å². The van der Waals surface area contributed by atoms with Crippen molar-refractivity contribution in [2.24, 2.45) is 0 Å². The summed E-state index contributed by atoms with van der Waals surface area (Å²) in [5.74, 6) is -0.650. The molecule has 3 aromatic carbocycles. The number of H-pyrrole nitrogens is 1. The summed E-state index contributed by atoms with van der Waals surface area (Å²) in [5, 5.41) is 15.6. The number of aromatic nitrogens is 1. The third-order valence-corrected chi connectivity index (χ3v) is 6.52. The average molecular weight is 491 g/mol. The Labute approximate surface area is 211 Å². The van der Waals surface area contributed by atoms with Crippen LogP contribution >= 0.6 is 11.6 Å². The Kier molecular flexibility index (Phi) is 8.24. The molecule has 4 rings (SSSR count). The molecule has 0 radical (unpaired) electrons. The van der Waals surface area contributed by atoms with Crippen LogP contribution in [-0.4, -0.2) is 35.8 Å². The minimum Gasteiger partial charge on any atom is -0.468 e. The molecule has 0 saturated carbocycles. The van der Waals surface area contributed by atoms with Crippen molar-refractivity contribution in [2.75, 3.05) is 13.7 Å². The van der Waals surface area contributed by atoms with E-state index in [9.17, 15) is 9.90 Å². The highest BCUT2D eigenvalue weighted by Crippen LogP contribution is 2.27. The number of aliphatic hydroxyl groups excluding tert-OH is 1. The summed E-state index contributed by atoms with van der Waals surface area (Å²) in [6.45, 7) is 2.54. The lowest BCUT2D eigenvalue weighted by atomic mass is 9.96. The maximum Gasteiger partial charge on any atom is 0.315 e. The number of fused-ring (bicyclic) bond motifs is 1. The van der Waals surface area contributed by atoms with E-state index < -0.39 is 12.0 Å². The lowest BCUT2D eigenvalue weighted by Gasteiger charge is -2.18. The first-order valence-electron chi connectivity index (χ1n) is 11.8. The van der Waals surface area contributed by atoms with Crippen molar-refractivity contribution in [1.82, 2.24) is 10.3 Å². The molecule has 0 saturated heterocycles. The first kappa shape index (κ1) is 25.0. The smallest absolute Gasteiger partial charge is 0.315 e. The van der Waals surface area contributed by atoms with Gasteiger partial charge in [-0.3, -0.25) is 4.79 Å². The van der Waals surface area contributed by atoms with E-state index >= 15 is 0 Å². The lowest BCUT2D eigenvalue weighted by Crippen LogP contribution is -2.32. The topological polar surface area (TPSA) is 74.3 Å². The molecule has 3 N–H and O–H groups in total. The van der Waals surface area contributed by atoms with Crippen LogP contribution < -0.4 is 5.32 Å². The van der Waals surface area contributed by atoms with E-state index in [1.165, 1.54) is 12.7 Å². The molecule has 4 aromatic rings. The summed E-state index contributed by atoms with van der Waals surface area (Å²) in [6, 6.07) is 25.8. The van der Waals surface area contributed by atoms with E-state index in [1.54, 1.807) is 12.1 Å². The molecule has 1 heterocycles. The van der Waals surface area contributed by atoms with Crippen LogP contribution in [-0.2, 0) is 22.4 Å². The second-order valence-corrected chi connectivity index (χ2v) is 9.43. The largest absolute Gasteiger partial charge is 0.468 e. The number of aliphatic hydroxyl groups is 1. The quantitative estimate of drug-likeness (QED) is 0.254. The number of aromatic amines is 1. The summed E-state index contributed by atoms with van der Waals surface area (Å²) in [4.78, 5) is 16.0. The Morgan fingerprint density at radius 1 is 1.00 bits per heavy atom. The number of benzene rings is 3. The SMILES string of the molecule is COC(=O)C(Cc1ccccc1)c1cc2cc(CC(C)NCC(O)c3cccc(Cl)c3)ccc2[nH]1. The fourth-order valence-electron chi connectivity index (χ4n) is 4.40. The molecule has 0 bridgehead atoms. The molecular weight excluding hydrogens is 460 g/mol. The molecule has 1 aromatic heterocycles. The molecule has 0 aliphatic rings. The first-order chi connectivity index (χ1) is 16.9. The van der Waals surface area contributed by atoms with Crippen LogP contribution in [0.15, 0.2) is 78.9 Å². The van der Waals surface area contributed by atoms with Gasteiger partial charge in [0.15, 0.2) is 0 Å². The van der Waals surface area contributed by atoms with Crippen LogP contribution in [0.5, 0.6) is 0 Å². The average Bonchev–Trinajstić information content (AvgIpc) is 3.29. The fourth-order valence-corrected chi connectivity index (χ4v) is 4.60. The predicted molar refractivity (Wildman–Crippen MR) is 141 cm³/mol. The molecule has 182 valence electrons. The van der Waals surface area contributed by atoms with Crippen molar-refractivity contribution < 1.29 is 14.6 Å². The van der Waals surface area contributed by atoms with Crippen LogP contribution in [0.4, 0.5) is 0 Å². The van der Waals surface area contributed by atoms with Crippen molar-refractivity contribution in [3.8, 4) is 0 Å². The predicted octanol–water partition coefficient (Wildman–Crippen LogP) is 5.57. The Morgan fingerprint density at radius 2 is 1.80 bits per heavy atom. The summed E-state index contributed by atoms with van der Waals surface area (Å²) in [5.41, 5.74) is 4.90. The van der Waals surface area contributed by atoms with Gasteiger partial charge in [-0.25, -0.2) is 0 Å². The van der Waals surface area contributed by atoms with E-state index in [-0.39, 0.29) is 12.0 Å². The molecule has 0 amide bonds. The van der Waals surface area contributed by atoms with Gasteiger partial charge in [-0.05, 0) is 72.2 Å². The van der Waals surface area contributed by atoms with E-state index in [1.807, 2.05) is 48.5 Å². The minimum atomic E-state index is -0.620. The normalized spacial score (nSPS) is 13.9. The van der Waals surface area contributed by atoms with Gasteiger partial charge in [-0.15, -0.1) is 0 Å². The van der Waals surface area contributed by atoms with Crippen LogP contribution in [0.3, 0.4) is 0 Å². The zero-order chi connectivity index (χ0) is 24.8. The van der Waals surface area contributed by atoms with Gasteiger partial charge in [-0.2, -0.15) is 0 Å². The summed E-state index contributed by atoms with van der Waals surface area (Å²) < 4.78 is 5.10. The molecule has 5 nitrogen and oxygen atoms in total. The molecule has 3 unspecified atom stereocenters. The van der Waals surface area contributed by atoms with Crippen molar-refractivity contribution in [3.63, 3.8) is 0 Å². The summed E-state index contributed by atoms with van der Waals surface area (Å²) in [7, 11) is 1.43. The third-order valence-electron chi connectivity index (χ3n) is 6.28. The number of ether oxygens (including phenoxy) is 1. The van der Waals surface area contributed by atoms with Gasteiger partial charge < -0.3 is 20.1 Å². The third kappa shape index (κ3) is 6.51. The van der Waals surface area contributed by atoms with Gasteiger partial charge in [-0.1, -0.05) is 60.1 Å². The second-order valence-electron chi connectivity index (χ2n) is 9.00. The van der Waals surface area contributed by atoms with Gasteiger partial charge >= 0.3 is 5.97 Å². The minimum absolute atomic E-state index is 0.167. The Balaban J connectivity index is 1.43. The number of esters is 1. The maximum atomic E-state index is 12.6. The first-order valence-corrected chi connectivity index (χ1v) is 12.2. The van der Waals surface area contributed by atoms with E-state index in [4.69, 9.17) is 16.3 Å². The number of halogens is 1. The number of hydrogen-bond acceptors (Lipinski definition) is 4. The fraction of sp³-hybridized carbons (Fsp3) is 0.276. The molecule has 3 atom stereocenters. The summed E-state index contributed by atoms with van der Waals surface area (Å²) >= 11 is 6.03. The van der Waals surface area contributed by atoms with Crippen molar-refractivity contribution in [1.29, 1.82) is 0 Å². The van der Waals surface area contributed by atoms with E-state index in [0.717, 1.165) is 34.1 Å². The molecule has 0 aliphatic carbocycles. The Morgan fingerprint density at radius 3 is 2.54 bits per heavy atom. The molecule has 6 heteroatoms. The molecule has 0 fully saturated rings. The van der Waals surface area contributed by atoms with Gasteiger partial charge in [0, 0.05) is 28.8 Å². The number of carbonyl (C=O) groups excluding carboxylic acids is 1. The van der Waals surface area contributed by atoms with Crippen molar-refractivity contribution in [3.05, 3.63) is 106 Å². The van der Waals surface area contributed by atoms with E-state index in [2.05, 4.69) is 35.4 Å². The zero-order valence-corrected chi connectivity index (χ0v) is 20.8. The van der Waals surface area contributed by atoms with Gasteiger partial charge in [0.25, 0.3) is 0 Å². The Bertz CT molecular complexity index is 1270.